The molecule has 1 heterocycles. The van der Waals surface area contributed by atoms with Crippen molar-refractivity contribution in [1.29, 1.82) is 0 Å². The van der Waals surface area contributed by atoms with E-state index >= 15 is 0 Å². The van der Waals surface area contributed by atoms with Gasteiger partial charge in [0.25, 0.3) is 5.69 Å². The molecule has 15 heavy (non-hydrogen) atoms. The van der Waals surface area contributed by atoms with Crippen molar-refractivity contribution in [1.82, 2.24) is 0 Å². The van der Waals surface area contributed by atoms with Crippen molar-refractivity contribution in [3.8, 4) is 0 Å². The van der Waals surface area contributed by atoms with Crippen LogP contribution in [-0.4, -0.2) is 24.2 Å². The highest BCUT2D eigenvalue weighted by Gasteiger charge is 2.19. The Morgan fingerprint density at radius 2 is 2.20 bits per heavy atom. The van der Waals surface area contributed by atoms with E-state index in [0.717, 1.165) is 6.07 Å². The summed E-state index contributed by atoms with van der Waals surface area (Å²) in [5.41, 5.74) is 0.160. The minimum atomic E-state index is -0.620. The second kappa shape index (κ2) is 3.82. The lowest BCUT2D eigenvalue weighted by atomic mass is 10.2. The van der Waals surface area contributed by atoms with Gasteiger partial charge in [0.2, 0.25) is 0 Å². The Morgan fingerprint density at radius 3 is 2.73 bits per heavy atom. The number of hydrogen-bond donors (Lipinski definition) is 1. The predicted octanol–water partition coefficient (Wildman–Crippen LogP) is 1.54. The molecule has 1 saturated heterocycles. The minimum absolute atomic E-state index is 0.117. The molecule has 1 aliphatic rings. The van der Waals surface area contributed by atoms with Crippen LogP contribution in [-0.2, 0) is 4.74 Å². The maximum Gasteiger partial charge on any atom is 0.274 e. The summed E-state index contributed by atoms with van der Waals surface area (Å²) >= 11 is 0. The fraction of sp³-hybridized carbons (Fsp3) is 0.333. The van der Waals surface area contributed by atoms with Crippen LogP contribution in [0.3, 0.4) is 0 Å². The molecule has 0 unspecified atom stereocenters. The van der Waals surface area contributed by atoms with Gasteiger partial charge in [-0.3, -0.25) is 10.1 Å². The maximum atomic E-state index is 13.0. The van der Waals surface area contributed by atoms with E-state index in [9.17, 15) is 14.5 Å². The number of hydrogen-bond acceptors (Lipinski definition) is 4. The van der Waals surface area contributed by atoms with Gasteiger partial charge in [0.1, 0.15) is 5.82 Å². The molecule has 1 aromatic carbocycles. The molecule has 1 aliphatic heterocycles. The zero-order valence-electron chi connectivity index (χ0n) is 7.77. The van der Waals surface area contributed by atoms with Crippen molar-refractivity contribution in [2.75, 3.05) is 18.5 Å². The third kappa shape index (κ3) is 2.21. The molecule has 1 N–H and O–H groups in total. The first-order chi connectivity index (χ1) is 7.15. The lowest BCUT2D eigenvalue weighted by molar-refractivity contribution is -0.385. The highest BCUT2D eigenvalue weighted by atomic mass is 19.1. The van der Waals surface area contributed by atoms with E-state index in [1.54, 1.807) is 0 Å². The first kappa shape index (κ1) is 9.85. The molecule has 80 valence electrons. The Hall–Kier alpha value is -1.69. The molecule has 0 amide bonds. The smallest absolute Gasteiger partial charge is 0.274 e. The first-order valence-electron chi connectivity index (χ1n) is 4.44. The lowest BCUT2D eigenvalue weighted by Gasteiger charge is -2.27. The largest absolute Gasteiger partial charge is 0.377 e. The van der Waals surface area contributed by atoms with Crippen molar-refractivity contribution >= 4 is 11.4 Å². The van der Waals surface area contributed by atoms with E-state index in [-0.39, 0.29) is 11.7 Å². The summed E-state index contributed by atoms with van der Waals surface area (Å²) in [7, 11) is 0. The zero-order chi connectivity index (χ0) is 10.8. The molecular weight excluding hydrogens is 203 g/mol. The minimum Gasteiger partial charge on any atom is -0.377 e. The van der Waals surface area contributed by atoms with Gasteiger partial charge >= 0.3 is 0 Å². The molecule has 2 rings (SSSR count). The third-order valence-corrected chi connectivity index (χ3v) is 2.10. The molecule has 5 nitrogen and oxygen atoms in total. The molecule has 0 aromatic heterocycles. The van der Waals surface area contributed by atoms with Crippen LogP contribution in [0, 0.1) is 15.9 Å². The molecule has 0 aliphatic carbocycles. The Kier molecular flexibility index (Phi) is 2.51. The fourth-order valence-corrected chi connectivity index (χ4v) is 1.32. The van der Waals surface area contributed by atoms with Crippen LogP contribution in [0.2, 0.25) is 0 Å². The van der Waals surface area contributed by atoms with Gasteiger partial charge in [-0.15, -0.1) is 0 Å². The summed E-state index contributed by atoms with van der Waals surface area (Å²) in [4.78, 5) is 9.84. The number of benzene rings is 1. The average Bonchev–Trinajstić information content (AvgIpc) is 2.10. The fourth-order valence-electron chi connectivity index (χ4n) is 1.32. The lowest BCUT2D eigenvalue weighted by Crippen LogP contribution is -2.40. The summed E-state index contributed by atoms with van der Waals surface area (Å²) in [6.07, 6.45) is 0. The first-order valence-corrected chi connectivity index (χ1v) is 4.44. The van der Waals surface area contributed by atoms with E-state index < -0.39 is 10.7 Å². The summed E-state index contributed by atoms with van der Waals surface area (Å²) in [6.45, 7) is 1.09. The van der Waals surface area contributed by atoms with Gasteiger partial charge in [0.05, 0.1) is 30.2 Å². The highest BCUT2D eigenvalue weighted by molar-refractivity contribution is 5.52. The Bertz CT molecular complexity index is 393. The van der Waals surface area contributed by atoms with E-state index in [2.05, 4.69) is 5.32 Å². The van der Waals surface area contributed by atoms with Crippen LogP contribution in [0.15, 0.2) is 18.2 Å². The molecule has 0 bridgehead atoms. The van der Waals surface area contributed by atoms with E-state index in [0.29, 0.717) is 18.9 Å². The zero-order valence-corrected chi connectivity index (χ0v) is 7.77. The summed E-state index contributed by atoms with van der Waals surface area (Å²) in [5.74, 6) is -0.619. The normalized spacial score (nSPS) is 15.8. The number of nitro groups is 1. The van der Waals surface area contributed by atoms with Crippen molar-refractivity contribution in [2.45, 2.75) is 6.04 Å². The van der Waals surface area contributed by atoms with E-state index in [1.165, 1.54) is 12.1 Å². The number of nitrogens with one attached hydrogen (secondary N) is 1. The SMILES string of the molecule is O=[N+]([O-])c1cc(F)cc(NC2COC2)c1. The summed E-state index contributed by atoms with van der Waals surface area (Å²) in [5, 5.41) is 13.4. The Balaban J connectivity index is 2.18. The van der Waals surface area contributed by atoms with Crippen molar-refractivity contribution in [3.63, 3.8) is 0 Å². The second-order valence-corrected chi connectivity index (χ2v) is 3.33. The van der Waals surface area contributed by atoms with Gasteiger partial charge in [-0.2, -0.15) is 0 Å². The quantitative estimate of drug-likeness (QED) is 0.609. The Morgan fingerprint density at radius 1 is 1.47 bits per heavy atom. The second-order valence-electron chi connectivity index (χ2n) is 3.33. The van der Waals surface area contributed by atoms with Crippen LogP contribution in [0.4, 0.5) is 15.8 Å². The number of rotatable bonds is 3. The number of nitrogens with zero attached hydrogens (tertiary/aromatic N) is 1. The molecule has 1 aromatic rings. The van der Waals surface area contributed by atoms with Gasteiger partial charge < -0.3 is 10.1 Å². The molecule has 1 fully saturated rings. The average molecular weight is 212 g/mol. The summed E-state index contributed by atoms with van der Waals surface area (Å²) in [6, 6.07) is 3.54. The number of non-ortho nitro benzene ring substituents is 1. The maximum absolute atomic E-state index is 13.0. The van der Waals surface area contributed by atoms with Crippen molar-refractivity contribution in [3.05, 3.63) is 34.1 Å². The highest BCUT2D eigenvalue weighted by Crippen LogP contribution is 2.21. The predicted molar refractivity (Wildman–Crippen MR) is 51.3 cm³/mol. The van der Waals surface area contributed by atoms with Gasteiger partial charge in [0.15, 0.2) is 0 Å². The number of ether oxygens (including phenoxy) is 1. The van der Waals surface area contributed by atoms with Crippen molar-refractivity contribution in [2.24, 2.45) is 0 Å². The van der Waals surface area contributed by atoms with Gasteiger partial charge in [0, 0.05) is 11.8 Å². The molecule has 6 heteroatoms. The number of anilines is 1. The van der Waals surface area contributed by atoms with Crippen LogP contribution in [0.5, 0.6) is 0 Å². The summed E-state index contributed by atoms with van der Waals surface area (Å²) < 4.78 is 17.9. The Labute approximate surface area is 85.0 Å². The van der Waals surface area contributed by atoms with Gasteiger partial charge in [-0.25, -0.2) is 4.39 Å². The third-order valence-electron chi connectivity index (χ3n) is 2.10. The monoisotopic (exact) mass is 212 g/mol. The van der Waals surface area contributed by atoms with Crippen molar-refractivity contribution < 1.29 is 14.1 Å². The van der Waals surface area contributed by atoms with Crippen LogP contribution < -0.4 is 5.32 Å². The number of halogens is 1. The standard InChI is InChI=1S/C9H9FN2O3/c10-6-1-7(11-8-4-15-5-8)3-9(2-6)12(13)14/h1-3,8,11H,4-5H2. The van der Waals surface area contributed by atoms with Crippen LogP contribution in [0.1, 0.15) is 0 Å². The van der Waals surface area contributed by atoms with Gasteiger partial charge in [-0.05, 0) is 6.07 Å². The molecule has 0 spiro atoms. The molecular formula is C9H9FN2O3. The van der Waals surface area contributed by atoms with E-state index in [1.807, 2.05) is 0 Å². The molecule has 0 radical (unpaired) electrons. The topological polar surface area (TPSA) is 64.4 Å². The van der Waals surface area contributed by atoms with Crippen LogP contribution >= 0.6 is 0 Å². The van der Waals surface area contributed by atoms with Gasteiger partial charge in [-0.1, -0.05) is 0 Å². The molecule has 0 atom stereocenters. The van der Waals surface area contributed by atoms with E-state index in [4.69, 9.17) is 4.74 Å². The van der Waals surface area contributed by atoms with Crippen LogP contribution in [0.25, 0.3) is 0 Å². The molecule has 0 saturated carbocycles. The number of nitro benzene ring substituents is 1.